The highest BCUT2D eigenvalue weighted by Crippen LogP contribution is 2.32. The summed E-state index contributed by atoms with van der Waals surface area (Å²) in [6.07, 6.45) is 1.37. The summed E-state index contributed by atoms with van der Waals surface area (Å²) in [6.45, 7) is 2.61. The third kappa shape index (κ3) is 3.66. The number of aromatic nitrogens is 1. The third-order valence-corrected chi connectivity index (χ3v) is 6.31. The highest BCUT2D eigenvalue weighted by atomic mass is 32.2. The number of nitriles is 2. The summed E-state index contributed by atoms with van der Waals surface area (Å²) >= 11 is 0. The lowest BCUT2D eigenvalue weighted by Gasteiger charge is -2.29. The summed E-state index contributed by atoms with van der Waals surface area (Å²) in [5.74, 6) is -0.732. The zero-order valence-corrected chi connectivity index (χ0v) is 16.8. The number of urea groups is 1. The number of benzene rings is 1. The molecule has 2 heterocycles. The number of rotatable bonds is 4. The molecule has 152 valence electrons. The van der Waals surface area contributed by atoms with Gasteiger partial charge < -0.3 is 10.6 Å². The second kappa shape index (κ2) is 7.81. The standard InChI is InChI=1S/C19H16N6O4S/c1-11-6-13(7-20)9-22-17(11)12(2)23-16(26)10-25-19(27)24-15-5-3-4-14(8-21)18(15)30(25,28)29/h3-6,9,12H,10H2,1-2H3,(H,23,26)(H,24,27)/t12-/m0/s1. The molecule has 2 N–H and O–H groups in total. The normalized spacial score (nSPS) is 15.2. The fourth-order valence-corrected chi connectivity index (χ4v) is 4.70. The van der Waals surface area contributed by atoms with Gasteiger partial charge in [-0.3, -0.25) is 9.78 Å². The number of sulfonamides is 1. The molecule has 2 aromatic rings. The van der Waals surface area contributed by atoms with Gasteiger partial charge in [0.25, 0.3) is 10.0 Å². The van der Waals surface area contributed by atoms with Crippen LogP contribution in [-0.2, 0) is 14.8 Å². The lowest BCUT2D eigenvalue weighted by Crippen LogP contribution is -2.49. The molecule has 1 aromatic heterocycles. The smallest absolute Gasteiger partial charge is 0.336 e. The van der Waals surface area contributed by atoms with Crippen LogP contribution in [0.25, 0.3) is 0 Å². The maximum absolute atomic E-state index is 12.9. The Kier molecular flexibility index (Phi) is 5.41. The minimum absolute atomic E-state index is 0.0125. The van der Waals surface area contributed by atoms with Crippen LogP contribution in [0.3, 0.4) is 0 Å². The second-order valence-electron chi connectivity index (χ2n) is 6.56. The van der Waals surface area contributed by atoms with E-state index in [4.69, 9.17) is 5.26 Å². The molecule has 0 aliphatic carbocycles. The zero-order valence-electron chi connectivity index (χ0n) is 16.0. The molecular formula is C19H16N6O4S. The van der Waals surface area contributed by atoms with Crippen molar-refractivity contribution >= 4 is 27.6 Å². The number of anilines is 1. The van der Waals surface area contributed by atoms with Crippen LogP contribution in [0.2, 0.25) is 0 Å². The SMILES string of the molecule is Cc1cc(C#N)cnc1[C@H](C)NC(=O)CN1C(=O)Nc2cccc(C#N)c2S1(=O)=O. The monoisotopic (exact) mass is 424 g/mol. The molecule has 0 bridgehead atoms. The van der Waals surface area contributed by atoms with E-state index >= 15 is 0 Å². The van der Waals surface area contributed by atoms with E-state index in [0.717, 1.165) is 0 Å². The van der Waals surface area contributed by atoms with Gasteiger partial charge in [0.15, 0.2) is 0 Å². The maximum Gasteiger partial charge on any atom is 0.336 e. The lowest BCUT2D eigenvalue weighted by molar-refractivity contribution is -0.121. The van der Waals surface area contributed by atoms with Crippen molar-refractivity contribution in [3.8, 4) is 12.1 Å². The number of nitrogens with zero attached hydrogens (tertiary/aromatic N) is 4. The predicted octanol–water partition coefficient (Wildman–Crippen LogP) is 1.55. The summed E-state index contributed by atoms with van der Waals surface area (Å²) in [7, 11) is -4.40. The Morgan fingerprint density at radius 2 is 2.07 bits per heavy atom. The average molecular weight is 424 g/mol. The molecule has 0 spiro atoms. The Morgan fingerprint density at radius 3 is 2.70 bits per heavy atom. The summed E-state index contributed by atoms with van der Waals surface area (Å²) in [5, 5.41) is 23.1. The lowest BCUT2D eigenvalue weighted by atomic mass is 10.1. The van der Waals surface area contributed by atoms with Crippen molar-refractivity contribution in [2.24, 2.45) is 0 Å². The molecule has 10 nitrogen and oxygen atoms in total. The molecule has 30 heavy (non-hydrogen) atoms. The Bertz CT molecular complexity index is 1240. The first kappa shape index (κ1) is 20.8. The van der Waals surface area contributed by atoms with Gasteiger partial charge in [-0.1, -0.05) is 6.07 Å². The van der Waals surface area contributed by atoms with E-state index in [1.54, 1.807) is 26.0 Å². The summed E-state index contributed by atoms with van der Waals surface area (Å²) in [6, 6.07) is 7.91. The third-order valence-electron chi connectivity index (χ3n) is 4.47. The molecule has 3 rings (SSSR count). The minimum atomic E-state index is -4.40. The van der Waals surface area contributed by atoms with Gasteiger partial charge in [-0.2, -0.15) is 10.5 Å². The average Bonchev–Trinajstić information content (AvgIpc) is 2.70. The highest BCUT2D eigenvalue weighted by Gasteiger charge is 2.39. The quantitative estimate of drug-likeness (QED) is 0.754. The van der Waals surface area contributed by atoms with Crippen LogP contribution in [-0.4, -0.2) is 36.2 Å². The fraction of sp³-hybridized carbons (Fsp3) is 0.211. The second-order valence-corrected chi connectivity index (χ2v) is 8.36. The van der Waals surface area contributed by atoms with Crippen molar-refractivity contribution in [3.63, 3.8) is 0 Å². The van der Waals surface area contributed by atoms with Crippen molar-refractivity contribution < 1.29 is 18.0 Å². The number of fused-ring (bicyclic) bond motifs is 1. The van der Waals surface area contributed by atoms with Crippen LogP contribution >= 0.6 is 0 Å². The van der Waals surface area contributed by atoms with Gasteiger partial charge in [0.05, 0.1) is 28.6 Å². The first-order chi connectivity index (χ1) is 14.2. The first-order valence-electron chi connectivity index (χ1n) is 8.72. The number of carbonyl (C=O) groups is 2. The summed E-state index contributed by atoms with van der Waals surface area (Å²) in [5.41, 5.74) is 1.41. The Labute approximate surface area is 172 Å². The van der Waals surface area contributed by atoms with Gasteiger partial charge in [0, 0.05) is 6.20 Å². The highest BCUT2D eigenvalue weighted by molar-refractivity contribution is 7.90. The van der Waals surface area contributed by atoms with Crippen LogP contribution in [0.15, 0.2) is 35.4 Å². The number of hydrogen-bond donors (Lipinski definition) is 2. The number of amides is 3. The molecule has 0 saturated carbocycles. The van der Waals surface area contributed by atoms with Gasteiger partial charge in [-0.25, -0.2) is 17.5 Å². The van der Waals surface area contributed by atoms with Crippen LogP contribution in [0.5, 0.6) is 0 Å². The van der Waals surface area contributed by atoms with Crippen LogP contribution in [0.1, 0.15) is 35.3 Å². The van der Waals surface area contributed by atoms with E-state index in [9.17, 15) is 23.3 Å². The van der Waals surface area contributed by atoms with Gasteiger partial charge in [-0.05, 0) is 37.6 Å². The number of aryl methyl sites for hydroxylation is 1. The maximum atomic E-state index is 12.9. The molecule has 1 aliphatic heterocycles. The van der Waals surface area contributed by atoms with Crippen molar-refractivity contribution in [2.75, 3.05) is 11.9 Å². The molecule has 3 amide bonds. The minimum Gasteiger partial charge on any atom is -0.346 e. The first-order valence-corrected chi connectivity index (χ1v) is 10.2. The molecule has 0 fully saturated rings. The number of pyridine rings is 1. The van der Waals surface area contributed by atoms with Gasteiger partial charge >= 0.3 is 6.03 Å². The molecule has 0 unspecified atom stereocenters. The molecular weight excluding hydrogens is 408 g/mol. The Hall–Kier alpha value is -3.96. The predicted molar refractivity (Wildman–Crippen MR) is 104 cm³/mol. The van der Waals surface area contributed by atoms with Crippen molar-refractivity contribution in [1.82, 2.24) is 14.6 Å². The van der Waals surface area contributed by atoms with Crippen molar-refractivity contribution in [1.29, 1.82) is 10.5 Å². The topological polar surface area (TPSA) is 156 Å². The number of nitrogens with one attached hydrogen (secondary N) is 2. The van der Waals surface area contributed by atoms with E-state index in [1.807, 2.05) is 6.07 Å². The van der Waals surface area contributed by atoms with Crippen molar-refractivity contribution in [3.05, 3.63) is 52.8 Å². The largest absolute Gasteiger partial charge is 0.346 e. The van der Waals surface area contributed by atoms with Gasteiger partial charge in [0.2, 0.25) is 5.91 Å². The van der Waals surface area contributed by atoms with Crippen LogP contribution < -0.4 is 10.6 Å². The zero-order chi connectivity index (χ0) is 22.1. The molecule has 1 aromatic carbocycles. The number of hydrogen-bond acceptors (Lipinski definition) is 7. The van der Waals surface area contributed by atoms with Gasteiger partial charge in [-0.15, -0.1) is 0 Å². The van der Waals surface area contributed by atoms with Gasteiger partial charge in [0.1, 0.15) is 23.6 Å². The van der Waals surface area contributed by atoms with E-state index < -0.39 is 34.5 Å². The molecule has 11 heteroatoms. The van der Waals surface area contributed by atoms with E-state index in [-0.39, 0.29) is 16.1 Å². The molecule has 1 aliphatic rings. The molecule has 1 atom stereocenters. The summed E-state index contributed by atoms with van der Waals surface area (Å²) < 4.78 is 26.2. The van der Waals surface area contributed by atoms with Crippen LogP contribution in [0.4, 0.5) is 10.5 Å². The summed E-state index contributed by atoms with van der Waals surface area (Å²) in [4.78, 5) is 28.6. The molecule has 0 saturated heterocycles. The van der Waals surface area contributed by atoms with E-state index in [2.05, 4.69) is 15.6 Å². The van der Waals surface area contributed by atoms with E-state index in [0.29, 0.717) is 21.1 Å². The van der Waals surface area contributed by atoms with Crippen molar-refractivity contribution in [2.45, 2.75) is 24.8 Å². The number of carbonyl (C=O) groups excluding carboxylic acids is 2. The van der Waals surface area contributed by atoms with Crippen LogP contribution in [0, 0.1) is 29.6 Å². The Morgan fingerprint density at radius 1 is 1.33 bits per heavy atom. The fourth-order valence-electron chi connectivity index (χ4n) is 3.14. The van der Waals surface area contributed by atoms with E-state index in [1.165, 1.54) is 24.4 Å². The molecule has 0 radical (unpaired) electrons. The Balaban J connectivity index is 1.82.